The molecule has 5 aliphatic rings. The molecular formula is C28H43NO3. The Hall–Kier alpha value is -1.16. The van der Waals surface area contributed by atoms with E-state index in [9.17, 15) is 9.59 Å². The van der Waals surface area contributed by atoms with E-state index >= 15 is 0 Å². The van der Waals surface area contributed by atoms with Gasteiger partial charge in [-0.05, 0) is 124 Å². The number of carbonyl (C=O) groups excluding carboxylic acids is 2. The standard InChI is InChI=1S/C28H43NO3/c1-19(30)23-8-9-24-22-7-6-20-18-21(32-26(31)12-17-29-15-4-5-16-29)10-13-27(20,2)25(22)11-14-28(23,24)3/h8,20-22,24-25H,4-7,9-18H2,1-3H3/t20-,21+,22-,24+,25-,27-,28-/m0/s1. The summed E-state index contributed by atoms with van der Waals surface area (Å²) in [6, 6.07) is 0. The molecule has 178 valence electrons. The van der Waals surface area contributed by atoms with Crippen molar-refractivity contribution < 1.29 is 14.3 Å². The molecule has 0 N–H and O–H groups in total. The van der Waals surface area contributed by atoms with E-state index in [2.05, 4.69) is 24.8 Å². The maximum Gasteiger partial charge on any atom is 0.307 e. The Bertz CT molecular complexity index is 784. The van der Waals surface area contributed by atoms with Crippen LogP contribution in [0.3, 0.4) is 0 Å². The van der Waals surface area contributed by atoms with Gasteiger partial charge in [0.15, 0.2) is 5.78 Å². The molecule has 0 spiro atoms. The molecule has 32 heavy (non-hydrogen) atoms. The van der Waals surface area contributed by atoms with Crippen molar-refractivity contribution >= 4 is 11.8 Å². The number of likely N-dealkylation sites (tertiary alicyclic amines) is 1. The van der Waals surface area contributed by atoms with Crippen molar-refractivity contribution in [1.29, 1.82) is 0 Å². The average Bonchev–Trinajstić information content (AvgIpc) is 3.39. The molecule has 1 saturated heterocycles. The van der Waals surface area contributed by atoms with Crippen molar-refractivity contribution in [3.8, 4) is 0 Å². The minimum atomic E-state index is 0.0152. The van der Waals surface area contributed by atoms with Gasteiger partial charge >= 0.3 is 5.97 Å². The maximum absolute atomic E-state index is 12.5. The molecule has 0 radical (unpaired) electrons. The van der Waals surface area contributed by atoms with Gasteiger partial charge in [0, 0.05) is 6.54 Å². The van der Waals surface area contributed by atoms with Gasteiger partial charge in [-0.1, -0.05) is 19.9 Å². The van der Waals surface area contributed by atoms with Gasteiger partial charge < -0.3 is 9.64 Å². The fraction of sp³-hybridized carbons (Fsp3) is 0.857. The molecular weight excluding hydrogens is 398 g/mol. The van der Waals surface area contributed by atoms with Crippen LogP contribution in [0.5, 0.6) is 0 Å². The zero-order valence-corrected chi connectivity index (χ0v) is 20.5. The molecule has 4 fully saturated rings. The van der Waals surface area contributed by atoms with E-state index < -0.39 is 0 Å². The third kappa shape index (κ3) is 3.79. The predicted molar refractivity (Wildman–Crippen MR) is 126 cm³/mol. The van der Waals surface area contributed by atoms with Gasteiger partial charge in [-0.15, -0.1) is 0 Å². The molecule has 4 nitrogen and oxygen atoms in total. The highest BCUT2D eigenvalue weighted by atomic mass is 16.5. The number of ketones is 1. The topological polar surface area (TPSA) is 46.6 Å². The SMILES string of the molecule is CC(=O)C1=CC[C@@H]2[C@@H]3CC[C@H]4C[C@H](OC(=O)CCN5CCCC5)CC[C@]4(C)[C@H]3CC[C@@]12C. The van der Waals surface area contributed by atoms with E-state index in [4.69, 9.17) is 4.74 Å². The molecule has 4 heteroatoms. The van der Waals surface area contributed by atoms with Crippen LogP contribution in [0.1, 0.15) is 91.4 Å². The number of hydrogen-bond acceptors (Lipinski definition) is 4. The van der Waals surface area contributed by atoms with Crippen molar-refractivity contribution in [1.82, 2.24) is 4.90 Å². The Kier molecular flexibility index (Phi) is 6.05. The predicted octanol–water partition coefficient (Wildman–Crippen LogP) is 5.55. The summed E-state index contributed by atoms with van der Waals surface area (Å²) in [6.45, 7) is 9.84. The van der Waals surface area contributed by atoms with E-state index in [1.165, 1.54) is 44.9 Å². The summed E-state index contributed by atoms with van der Waals surface area (Å²) >= 11 is 0. The van der Waals surface area contributed by atoms with Gasteiger partial charge in [-0.3, -0.25) is 9.59 Å². The van der Waals surface area contributed by atoms with Crippen molar-refractivity contribution in [2.45, 2.75) is 97.5 Å². The highest BCUT2D eigenvalue weighted by Gasteiger charge is 2.59. The summed E-state index contributed by atoms with van der Waals surface area (Å²) in [5.74, 6) is 3.16. The van der Waals surface area contributed by atoms with Gasteiger partial charge in [0.1, 0.15) is 6.10 Å². The Labute approximate surface area is 194 Å². The molecule has 5 rings (SSSR count). The Morgan fingerprint density at radius 3 is 2.59 bits per heavy atom. The fourth-order valence-corrected chi connectivity index (χ4v) is 8.94. The number of rotatable bonds is 5. The summed E-state index contributed by atoms with van der Waals surface area (Å²) in [7, 11) is 0. The van der Waals surface area contributed by atoms with Gasteiger partial charge in [-0.25, -0.2) is 0 Å². The number of allylic oxidation sites excluding steroid dienone is 2. The third-order valence-corrected chi connectivity index (χ3v) is 10.7. The molecule has 0 unspecified atom stereocenters. The number of nitrogens with zero attached hydrogens (tertiary/aromatic N) is 1. The number of fused-ring (bicyclic) bond motifs is 5. The van der Waals surface area contributed by atoms with Gasteiger partial charge in [0.05, 0.1) is 6.42 Å². The lowest BCUT2D eigenvalue weighted by Crippen LogP contribution is -2.54. The van der Waals surface area contributed by atoms with Crippen LogP contribution in [0.4, 0.5) is 0 Å². The molecule has 0 aromatic carbocycles. The van der Waals surface area contributed by atoms with Crippen LogP contribution in [0.2, 0.25) is 0 Å². The third-order valence-electron chi connectivity index (χ3n) is 10.7. The fourth-order valence-electron chi connectivity index (χ4n) is 8.94. The monoisotopic (exact) mass is 441 g/mol. The molecule has 4 aliphatic carbocycles. The van der Waals surface area contributed by atoms with E-state index in [-0.39, 0.29) is 17.5 Å². The van der Waals surface area contributed by atoms with Crippen LogP contribution in [0.25, 0.3) is 0 Å². The minimum Gasteiger partial charge on any atom is -0.462 e. The van der Waals surface area contributed by atoms with Crippen LogP contribution < -0.4 is 0 Å². The molecule has 7 atom stereocenters. The quantitative estimate of drug-likeness (QED) is 0.525. The summed E-state index contributed by atoms with van der Waals surface area (Å²) in [4.78, 5) is 27.2. The smallest absolute Gasteiger partial charge is 0.307 e. The van der Waals surface area contributed by atoms with Gasteiger partial charge in [0.25, 0.3) is 0 Å². The van der Waals surface area contributed by atoms with Crippen LogP contribution in [-0.2, 0) is 14.3 Å². The molecule has 3 saturated carbocycles. The summed E-state index contributed by atoms with van der Waals surface area (Å²) in [5, 5.41) is 0. The largest absolute Gasteiger partial charge is 0.462 e. The molecule has 0 aromatic rings. The van der Waals surface area contributed by atoms with Crippen molar-refractivity contribution in [3.63, 3.8) is 0 Å². The van der Waals surface area contributed by atoms with Gasteiger partial charge in [0.2, 0.25) is 0 Å². The second kappa shape index (κ2) is 8.56. The first-order valence-electron chi connectivity index (χ1n) is 13.4. The van der Waals surface area contributed by atoms with E-state index in [1.54, 1.807) is 6.92 Å². The number of esters is 1. The van der Waals surface area contributed by atoms with Crippen LogP contribution in [-0.4, -0.2) is 42.4 Å². The molecule has 0 aromatic heterocycles. The van der Waals surface area contributed by atoms with Crippen molar-refractivity contribution in [2.24, 2.45) is 34.5 Å². The second-order valence-electron chi connectivity index (χ2n) is 12.2. The minimum absolute atomic E-state index is 0.0152. The van der Waals surface area contributed by atoms with Crippen LogP contribution in [0.15, 0.2) is 11.6 Å². The highest BCUT2D eigenvalue weighted by molar-refractivity contribution is 5.95. The van der Waals surface area contributed by atoms with Crippen molar-refractivity contribution in [3.05, 3.63) is 11.6 Å². The Balaban J connectivity index is 1.20. The second-order valence-corrected chi connectivity index (χ2v) is 12.2. The number of Topliss-reactive ketones (excluding diaryl/α,β-unsaturated/α-hetero) is 1. The zero-order valence-electron chi connectivity index (χ0n) is 20.5. The number of ether oxygens (including phenoxy) is 1. The van der Waals surface area contributed by atoms with Crippen molar-refractivity contribution in [2.75, 3.05) is 19.6 Å². The zero-order chi connectivity index (χ0) is 22.5. The lowest BCUT2D eigenvalue weighted by molar-refractivity contribution is -0.161. The van der Waals surface area contributed by atoms with Crippen LogP contribution in [0, 0.1) is 34.5 Å². The Morgan fingerprint density at radius 1 is 1.06 bits per heavy atom. The highest BCUT2D eigenvalue weighted by Crippen LogP contribution is 2.66. The van der Waals surface area contributed by atoms with E-state index in [0.717, 1.165) is 56.3 Å². The number of carbonyl (C=O) groups is 2. The molecule has 0 bridgehead atoms. The normalized spacial score (nSPS) is 43.7. The lowest BCUT2D eigenvalue weighted by atomic mass is 9.44. The summed E-state index contributed by atoms with van der Waals surface area (Å²) in [5.41, 5.74) is 1.61. The number of hydrogen-bond donors (Lipinski definition) is 0. The average molecular weight is 442 g/mol. The molecule has 1 aliphatic heterocycles. The van der Waals surface area contributed by atoms with Crippen LogP contribution >= 0.6 is 0 Å². The first-order chi connectivity index (χ1) is 15.3. The maximum atomic E-state index is 12.5. The molecule has 1 heterocycles. The van der Waals surface area contributed by atoms with E-state index in [0.29, 0.717) is 29.5 Å². The van der Waals surface area contributed by atoms with Gasteiger partial charge in [-0.2, -0.15) is 0 Å². The molecule has 0 amide bonds. The summed E-state index contributed by atoms with van der Waals surface area (Å²) in [6.07, 6.45) is 14.9. The summed E-state index contributed by atoms with van der Waals surface area (Å²) < 4.78 is 6.00. The van der Waals surface area contributed by atoms with E-state index in [1.807, 2.05) is 0 Å². The lowest BCUT2D eigenvalue weighted by Gasteiger charge is -2.60. The first kappa shape index (κ1) is 22.6. The Morgan fingerprint density at radius 2 is 1.84 bits per heavy atom. The first-order valence-corrected chi connectivity index (χ1v) is 13.4.